The van der Waals surface area contributed by atoms with Gasteiger partial charge in [0.05, 0.1) is 0 Å². The van der Waals surface area contributed by atoms with Crippen LogP contribution in [0.2, 0.25) is 0 Å². The number of halogens is 6. The van der Waals surface area contributed by atoms with Crippen LogP contribution in [0.15, 0.2) is 48.5 Å². The maximum atomic E-state index is 12.8. The summed E-state index contributed by atoms with van der Waals surface area (Å²) in [4.78, 5) is 2.05. The Kier molecular flexibility index (Phi) is 6.26. The van der Waals surface area contributed by atoms with E-state index in [1.807, 2.05) is 4.90 Å². The topological polar surface area (TPSA) is 33.7 Å². The van der Waals surface area contributed by atoms with E-state index in [0.29, 0.717) is 18.2 Å². The molecule has 2 fully saturated rings. The summed E-state index contributed by atoms with van der Waals surface area (Å²) < 4.78 is 83.8. The Morgan fingerprint density at radius 1 is 0.875 bits per heavy atom. The van der Waals surface area contributed by atoms with Crippen LogP contribution in [0.25, 0.3) is 0 Å². The average Bonchev–Trinajstić information content (AvgIpc) is 3.50. The normalized spacial score (nSPS) is 21.8. The van der Waals surface area contributed by atoms with Gasteiger partial charge in [-0.05, 0) is 43.0 Å². The molecule has 0 bridgehead atoms. The summed E-state index contributed by atoms with van der Waals surface area (Å²) in [6.45, 7) is 0.910. The number of rotatable bonds is 8. The molecule has 0 spiro atoms. The molecule has 10 heteroatoms. The molecule has 174 valence electrons. The van der Waals surface area contributed by atoms with Crippen LogP contribution in [0.5, 0.6) is 11.5 Å². The molecular weight excluding hydrogens is 438 g/mol. The second kappa shape index (κ2) is 8.82. The fraction of sp³-hybridized carbons (Fsp3) is 0.455. The molecule has 1 saturated carbocycles. The van der Waals surface area contributed by atoms with E-state index in [1.165, 1.54) is 24.3 Å². The summed E-state index contributed by atoms with van der Waals surface area (Å²) in [5.74, 6) is -0.573. The van der Waals surface area contributed by atoms with Crippen molar-refractivity contribution in [3.8, 4) is 11.5 Å². The molecular formula is C22H22F6N2O2. The number of ether oxygens (including phenoxy) is 2. The Labute approximate surface area is 181 Å². The first kappa shape index (κ1) is 22.7. The van der Waals surface area contributed by atoms with Gasteiger partial charge >= 0.3 is 12.7 Å². The predicted molar refractivity (Wildman–Crippen MR) is 104 cm³/mol. The molecule has 0 aromatic heterocycles. The van der Waals surface area contributed by atoms with Crippen molar-refractivity contribution in [2.24, 2.45) is 0 Å². The zero-order valence-electron chi connectivity index (χ0n) is 16.9. The molecule has 1 aliphatic heterocycles. The lowest BCUT2D eigenvalue weighted by molar-refractivity contribution is -0.275. The van der Waals surface area contributed by atoms with E-state index >= 15 is 0 Å². The van der Waals surface area contributed by atoms with Crippen LogP contribution >= 0.6 is 0 Å². The Morgan fingerprint density at radius 2 is 1.53 bits per heavy atom. The third-order valence-corrected chi connectivity index (χ3v) is 5.63. The van der Waals surface area contributed by atoms with Gasteiger partial charge in [-0.3, -0.25) is 4.90 Å². The van der Waals surface area contributed by atoms with Crippen molar-refractivity contribution in [1.29, 1.82) is 0 Å². The molecule has 1 heterocycles. The van der Waals surface area contributed by atoms with Gasteiger partial charge in [-0.2, -0.15) is 0 Å². The molecule has 2 aromatic carbocycles. The summed E-state index contributed by atoms with van der Waals surface area (Å²) in [5, 5.41) is 3.44. The first-order chi connectivity index (χ1) is 15.1. The molecule has 2 atom stereocenters. The monoisotopic (exact) mass is 460 g/mol. The maximum absolute atomic E-state index is 12.8. The minimum Gasteiger partial charge on any atom is -0.406 e. The zero-order chi connectivity index (χ0) is 22.9. The van der Waals surface area contributed by atoms with Crippen molar-refractivity contribution >= 4 is 0 Å². The van der Waals surface area contributed by atoms with Crippen molar-refractivity contribution in [2.75, 3.05) is 6.54 Å². The third-order valence-electron chi connectivity index (χ3n) is 5.63. The summed E-state index contributed by atoms with van der Waals surface area (Å²) in [6, 6.07) is 12.0. The minimum atomic E-state index is -4.80. The smallest absolute Gasteiger partial charge is 0.406 e. The lowest BCUT2D eigenvalue weighted by Gasteiger charge is -2.49. The van der Waals surface area contributed by atoms with E-state index in [4.69, 9.17) is 0 Å². The van der Waals surface area contributed by atoms with Crippen LogP contribution in [0.4, 0.5) is 26.3 Å². The summed E-state index contributed by atoms with van der Waals surface area (Å²) in [7, 11) is 0. The third kappa shape index (κ3) is 6.07. The molecule has 4 rings (SSSR count). The number of para-hydroxylation sites is 1. The Hall–Kier alpha value is -2.46. The molecule has 2 unspecified atom stereocenters. The van der Waals surface area contributed by atoms with Crippen molar-refractivity contribution in [1.82, 2.24) is 10.2 Å². The number of likely N-dealkylation sites (tertiary alicyclic amines) is 1. The van der Waals surface area contributed by atoms with E-state index in [2.05, 4.69) is 14.8 Å². The van der Waals surface area contributed by atoms with E-state index in [0.717, 1.165) is 24.8 Å². The van der Waals surface area contributed by atoms with Gasteiger partial charge in [0.2, 0.25) is 0 Å². The lowest BCUT2D eigenvalue weighted by Crippen LogP contribution is -2.54. The number of benzene rings is 2. The fourth-order valence-corrected chi connectivity index (χ4v) is 3.95. The average molecular weight is 460 g/mol. The van der Waals surface area contributed by atoms with Gasteiger partial charge in [0.1, 0.15) is 11.5 Å². The number of nitrogens with zero attached hydrogens (tertiary/aromatic N) is 1. The Balaban J connectivity index is 1.51. The van der Waals surface area contributed by atoms with Gasteiger partial charge in [0.25, 0.3) is 0 Å². The summed E-state index contributed by atoms with van der Waals surface area (Å²) in [6.07, 6.45) is -6.61. The number of hydrogen-bond donors (Lipinski definition) is 1. The molecule has 4 nitrogen and oxygen atoms in total. The van der Waals surface area contributed by atoms with Crippen LogP contribution < -0.4 is 14.8 Å². The van der Waals surface area contributed by atoms with Crippen LogP contribution in [0, 0.1) is 0 Å². The summed E-state index contributed by atoms with van der Waals surface area (Å²) in [5.41, 5.74) is 1.17. The maximum Gasteiger partial charge on any atom is 0.573 e. The molecule has 1 aliphatic carbocycles. The zero-order valence-corrected chi connectivity index (χ0v) is 16.9. The summed E-state index contributed by atoms with van der Waals surface area (Å²) >= 11 is 0. The second-order valence-corrected chi connectivity index (χ2v) is 8.03. The number of hydrogen-bond acceptors (Lipinski definition) is 4. The fourth-order valence-electron chi connectivity index (χ4n) is 3.95. The van der Waals surface area contributed by atoms with Crippen molar-refractivity contribution in [3.05, 3.63) is 59.7 Å². The second-order valence-electron chi connectivity index (χ2n) is 8.03. The number of nitrogens with one attached hydrogen (secondary N) is 1. The molecule has 0 amide bonds. The minimum absolute atomic E-state index is 0.0886. The Morgan fingerprint density at radius 3 is 2.16 bits per heavy atom. The molecule has 0 radical (unpaired) electrons. The quantitative estimate of drug-likeness (QED) is 0.524. The molecule has 1 N–H and O–H groups in total. The van der Waals surface area contributed by atoms with E-state index in [9.17, 15) is 26.3 Å². The van der Waals surface area contributed by atoms with Gasteiger partial charge in [0.15, 0.2) is 0 Å². The van der Waals surface area contributed by atoms with Crippen LogP contribution in [-0.2, 0) is 6.54 Å². The number of alkyl halides is 6. The van der Waals surface area contributed by atoms with Crippen molar-refractivity contribution in [2.45, 2.75) is 56.7 Å². The molecule has 32 heavy (non-hydrogen) atoms. The first-order valence-corrected chi connectivity index (χ1v) is 10.3. The van der Waals surface area contributed by atoms with Gasteiger partial charge in [0, 0.05) is 36.8 Å². The van der Waals surface area contributed by atoms with E-state index < -0.39 is 12.7 Å². The van der Waals surface area contributed by atoms with Gasteiger partial charge in [-0.1, -0.05) is 30.3 Å². The van der Waals surface area contributed by atoms with Crippen LogP contribution in [-0.4, -0.2) is 36.3 Å². The molecule has 2 aliphatic rings. The van der Waals surface area contributed by atoms with Gasteiger partial charge in [-0.15, -0.1) is 26.3 Å². The lowest BCUT2D eigenvalue weighted by atomic mass is 9.86. The van der Waals surface area contributed by atoms with E-state index in [-0.39, 0.29) is 30.1 Å². The first-order valence-electron chi connectivity index (χ1n) is 10.3. The standard InChI is InChI=1S/C22H22F6N2O2/c23-21(24,25)31-18-9-5-14(6-10-18)19-11-17(12-29-16-7-8-16)30(19)13-15-3-1-2-4-20(15)32-22(26,27)28/h1-6,9-10,16-17,19,29H,7-8,11-13H2. The predicted octanol–water partition coefficient (Wildman–Crippen LogP) is 5.55. The van der Waals surface area contributed by atoms with Crippen molar-refractivity contribution in [3.63, 3.8) is 0 Å². The van der Waals surface area contributed by atoms with Crippen LogP contribution in [0.1, 0.15) is 36.4 Å². The molecule has 1 saturated heterocycles. The highest BCUT2D eigenvalue weighted by Crippen LogP contribution is 2.42. The Bertz CT molecular complexity index is 912. The highest BCUT2D eigenvalue weighted by atomic mass is 19.4. The van der Waals surface area contributed by atoms with Crippen molar-refractivity contribution < 1.29 is 35.8 Å². The highest BCUT2D eigenvalue weighted by Gasteiger charge is 2.41. The van der Waals surface area contributed by atoms with Crippen LogP contribution in [0.3, 0.4) is 0 Å². The van der Waals surface area contributed by atoms with E-state index in [1.54, 1.807) is 24.3 Å². The highest BCUT2D eigenvalue weighted by molar-refractivity contribution is 5.35. The van der Waals surface area contributed by atoms with Gasteiger partial charge < -0.3 is 14.8 Å². The van der Waals surface area contributed by atoms with Gasteiger partial charge in [-0.25, -0.2) is 0 Å². The molecule has 2 aromatic rings. The largest absolute Gasteiger partial charge is 0.573 e. The SMILES string of the molecule is FC(F)(F)Oc1ccc(C2CC(CNC3CC3)N2Cc2ccccc2OC(F)(F)F)cc1.